The Morgan fingerprint density at radius 3 is 2.60 bits per heavy atom. The Morgan fingerprint density at radius 1 is 1.30 bits per heavy atom. The summed E-state index contributed by atoms with van der Waals surface area (Å²) in [5, 5.41) is 3.19. The van der Waals surface area contributed by atoms with Crippen LogP contribution in [0.4, 0.5) is 0 Å². The van der Waals surface area contributed by atoms with Gasteiger partial charge in [0.2, 0.25) is 0 Å². The van der Waals surface area contributed by atoms with E-state index in [0.717, 1.165) is 12.2 Å². The zero-order valence-electron chi connectivity index (χ0n) is 12.8. The molecule has 0 bridgehead atoms. The third kappa shape index (κ3) is 5.21. The molecule has 1 N–H and O–H groups in total. The molecule has 0 heterocycles. The quantitative estimate of drug-likeness (QED) is 0.743. The smallest absolute Gasteiger partial charge is 0.322 e. The lowest BCUT2D eigenvalue weighted by Crippen LogP contribution is -2.42. The number of benzene rings is 1. The van der Waals surface area contributed by atoms with Crippen LogP contribution in [0.3, 0.4) is 0 Å². The minimum atomic E-state index is -0.325. The molecule has 0 aliphatic carbocycles. The summed E-state index contributed by atoms with van der Waals surface area (Å²) in [4.78, 5) is 11.7. The van der Waals surface area contributed by atoms with E-state index in [1.807, 2.05) is 32.0 Å². The number of carbonyl (C=O) groups excluding carboxylic acids is 1. The second kappa shape index (κ2) is 8.59. The third-order valence-corrected chi connectivity index (χ3v) is 3.04. The number of carbonyl (C=O) groups is 1. The van der Waals surface area contributed by atoms with E-state index in [2.05, 4.69) is 18.3 Å². The number of methoxy groups -OCH3 is 1. The number of aryl methyl sites for hydroxylation is 1. The molecule has 0 saturated heterocycles. The van der Waals surface area contributed by atoms with Crippen LogP contribution in [0.1, 0.15) is 32.8 Å². The summed E-state index contributed by atoms with van der Waals surface area (Å²) in [6, 6.07) is 7.87. The van der Waals surface area contributed by atoms with Crippen molar-refractivity contribution in [1.82, 2.24) is 5.32 Å². The van der Waals surface area contributed by atoms with Crippen molar-refractivity contribution in [1.29, 1.82) is 0 Å². The zero-order chi connectivity index (χ0) is 15.0. The lowest BCUT2D eigenvalue weighted by molar-refractivity contribution is -0.143. The van der Waals surface area contributed by atoms with Gasteiger partial charge in [-0.3, -0.25) is 4.79 Å². The van der Waals surface area contributed by atoms with E-state index in [1.54, 1.807) is 0 Å². The lowest BCUT2D eigenvalue weighted by Gasteiger charge is -2.19. The summed E-state index contributed by atoms with van der Waals surface area (Å²) in [5.41, 5.74) is 1.18. The normalized spacial score (nSPS) is 12.2. The Balaban J connectivity index is 2.53. The molecule has 0 aliphatic heterocycles. The number of esters is 1. The summed E-state index contributed by atoms with van der Waals surface area (Å²) in [6.45, 7) is 6.59. The maximum Gasteiger partial charge on any atom is 0.322 e. The molecule has 1 aromatic carbocycles. The van der Waals surface area contributed by atoms with E-state index >= 15 is 0 Å². The highest BCUT2D eigenvalue weighted by Crippen LogP contribution is 2.18. The molecule has 0 radical (unpaired) electrons. The van der Waals surface area contributed by atoms with Crippen LogP contribution in [-0.2, 0) is 16.0 Å². The summed E-state index contributed by atoms with van der Waals surface area (Å²) < 4.78 is 10.6. The highest BCUT2D eigenvalue weighted by atomic mass is 16.5. The number of hydrogen-bond donors (Lipinski definition) is 1. The Kier molecular flexibility index (Phi) is 7.09. The van der Waals surface area contributed by atoms with Gasteiger partial charge in [0.1, 0.15) is 11.8 Å². The average Bonchev–Trinajstić information content (AvgIpc) is 2.45. The Morgan fingerprint density at radius 2 is 2.00 bits per heavy atom. The van der Waals surface area contributed by atoms with Crippen LogP contribution >= 0.6 is 0 Å². The highest BCUT2D eigenvalue weighted by molar-refractivity contribution is 5.75. The van der Waals surface area contributed by atoms with Crippen LogP contribution < -0.4 is 10.1 Å². The van der Waals surface area contributed by atoms with E-state index in [1.165, 1.54) is 12.7 Å². The first-order valence-electron chi connectivity index (χ1n) is 7.13. The standard InChI is InChI=1S/C16H25NO3/c1-5-13-8-6-7-9-15(13)20-11-10-14(16(18)19-4)17-12(2)3/h6-9,12,14,17H,5,10-11H2,1-4H3. The molecule has 0 aliphatic rings. The fourth-order valence-corrected chi connectivity index (χ4v) is 2.04. The van der Waals surface area contributed by atoms with Gasteiger partial charge in [-0.25, -0.2) is 0 Å². The maximum atomic E-state index is 11.7. The van der Waals surface area contributed by atoms with E-state index in [-0.39, 0.29) is 18.1 Å². The van der Waals surface area contributed by atoms with Gasteiger partial charge in [0.05, 0.1) is 13.7 Å². The fourth-order valence-electron chi connectivity index (χ4n) is 2.04. The van der Waals surface area contributed by atoms with Gasteiger partial charge < -0.3 is 14.8 Å². The minimum absolute atomic E-state index is 0.224. The molecule has 1 aromatic rings. The predicted octanol–water partition coefficient (Wildman–Crippen LogP) is 2.56. The summed E-state index contributed by atoms with van der Waals surface area (Å²) in [5.74, 6) is 0.647. The first kappa shape index (κ1) is 16.5. The van der Waals surface area contributed by atoms with Crippen LogP contribution in [0, 0.1) is 0 Å². The fraction of sp³-hybridized carbons (Fsp3) is 0.562. The van der Waals surface area contributed by atoms with Gasteiger partial charge in [0, 0.05) is 12.5 Å². The second-order valence-corrected chi connectivity index (χ2v) is 5.00. The average molecular weight is 279 g/mol. The largest absolute Gasteiger partial charge is 0.493 e. The molecule has 1 unspecified atom stereocenters. The summed E-state index contributed by atoms with van der Waals surface area (Å²) >= 11 is 0. The molecular formula is C16H25NO3. The lowest BCUT2D eigenvalue weighted by atomic mass is 10.1. The van der Waals surface area contributed by atoms with Crippen LogP contribution in [0.5, 0.6) is 5.75 Å². The second-order valence-electron chi connectivity index (χ2n) is 5.00. The molecule has 4 nitrogen and oxygen atoms in total. The van der Waals surface area contributed by atoms with Gasteiger partial charge in [0.25, 0.3) is 0 Å². The van der Waals surface area contributed by atoms with Gasteiger partial charge >= 0.3 is 5.97 Å². The molecule has 4 heteroatoms. The number of hydrogen-bond acceptors (Lipinski definition) is 4. The Hall–Kier alpha value is -1.55. The SMILES string of the molecule is CCc1ccccc1OCCC(NC(C)C)C(=O)OC. The van der Waals surface area contributed by atoms with Crippen LogP contribution in [0.15, 0.2) is 24.3 Å². The molecule has 0 aromatic heterocycles. The van der Waals surface area contributed by atoms with Gasteiger partial charge in [-0.1, -0.05) is 39.0 Å². The van der Waals surface area contributed by atoms with Crippen molar-refractivity contribution in [3.05, 3.63) is 29.8 Å². The number of para-hydroxylation sites is 1. The van der Waals surface area contributed by atoms with Crippen LogP contribution in [-0.4, -0.2) is 31.8 Å². The number of ether oxygens (including phenoxy) is 2. The van der Waals surface area contributed by atoms with E-state index in [0.29, 0.717) is 13.0 Å². The van der Waals surface area contributed by atoms with Crippen molar-refractivity contribution in [3.63, 3.8) is 0 Å². The topological polar surface area (TPSA) is 47.6 Å². The van der Waals surface area contributed by atoms with E-state index in [4.69, 9.17) is 9.47 Å². The first-order valence-corrected chi connectivity index (χ1v) is 7.13. The molecular weight excluding hydrogens is 254 g/mol. The van der Waals surface area contributed by atoms with Gasteiger partial charge in [0.15, 0.2) is 0 Å². The Bertz CT molecular complexity index is 418. The molecule has 112 valence electrons. The first-order chi connectivity index (χ1) is 9.58. The van der Waals surface area contributed by atoms with Crippen molar-refractivity contribution < 1.29 is 14.3 Å². The van der Waals surface area contributed by atoms with Crippen LogP contribution in [0.25, 0.3) is 0 Å². The predicted molar refractivity (Wildman–Crippen MR) is 80.0 cm³/mol. The van der Waals surface area contributed by atoms with E-state index < -0.39 is 0 Å². The summed E-state index contributed by atoms with van der Waals surface area (Å²) in [7, 11) is 1.41. The summed E-state index contributed by atoms with van der Waals surface area (Å²) in [6.07, 6.45) is 1.52. The van der Waals surface area contributed by atoms with Crippen LogP contribution in [0.2, 0.25) is 0 Å². The maximum absolute atomic E-state index is 11.7. The van der Waals surface area contributed by atoms with Crippen molar-refractivity contribution in [3.8, 4) is 5.75 Å². The molecule has 0 fully saturated rings. The van der Waals surface area contributed by atoms with Crippen molar-refractivity contribution in [2.45, 2.75) is 45.7 Å². The molecule has 0 spiro atoms. The monoisotopic (exact) mass is 279 g/mol. The molecule has 0 amide bonds. The molecule has 0 saturated carbocycles. The number of rotatable bonds is 8. The van der Waals surface area contributed by atoms with Crippen molar-refractivity contribution in [2.75, 3.05) is 13.7 Å². The minimum Gasteiger partial charge on any atom is -0.493 e. The molecule has 1 atom stereocenters. The third-order valence-electron chi connectivity index (χ3n) is 3.04. The van der Waals surface area contributed by atoms with Gasteiger partial charge in [-0.05, 0) is 18.1 Å². The molecule has 1 rings (SSSR count). The Labute approximate surface area is 121 Å². The van der Waals surface area contributed by atoms with Gasteiger partial charge in [-0.2, -0.15) is 0 Å². The number of nitrogens with one attached hydrogen (secondary N) is 1. The van der Waals surface area contributed by atoms with Crippen molar-refractivity contribution in [2.24, 2.45) is 0 Å². The van der Waals surface area contributed by atoms with E-state index in [9.17, 15) is 4.79 Å². The van der Waals surface area contributed by atoms with Crippen molar-refractivity contribution >= 4 is 5.97 Å². The highest BCUT2D eigenvalue weighted by Gasteiger charge is 2.19. The zero-order valence-corrected chi connectivity index (χ0v) is 12.8. The van der Waals surface area contributed by atoms with Gasteiger partial charge in [-0.15, -0.1) is 0 Å². The molecule has 20 heavy (non-hydrogen) atoms.